The number of halogens is 1. The number of rotatable bonds is 4. The van der Waals surface area contributed by atoms with E-state index in [0.29, 0.717) is 5.82 Å². The summed E-state index contributed by atoms with van der Waals surface area (Å²) in [6.07, 6.45) is 0. The highest BCUT2D eigenvalue weighted by atomic mass is 19.1. The zero-order chi connectivity index (χ0) is 15.5. The molecular weight excluding hydrogens is 285 g/mol. The quantitative estimate of drug-likeness (QED) is 0.778. The lowest BCUT2D eigenvalue weighted by Crippen LogP contribution is -2.23. The minimum absolute atomic E-state index is 0.105. The Morgan fingerprint density at radius 2 is 2.14 bits per heavy atom. The van der Waals surface area contributed by atoms with E-state index in [2.05, 4.69) is 15.3 Å². The topological polar surface area (TPSA) is 67.0 Å². The number of hydrogen-bond acceptors (Lipinski definition) is 3. The van der Waals surface area contributed by atoms with Crippen LogP contribution in [0.5, 0.6) is 5.75 Å². The standard InChI is InChI=1S/C16H14FN3O2/c1-22-14-7-6-10(8-11(14)17)16(21)18-9-15-19-12-4-2-3-5-13(12)20-15/h2-8H,9H2,1H3,(H,18,21)(H,19,20). The largest absolute Gasteiger partial charge is 0.494 e. The van der Waals surface area contributed by atoms with Gasteiger partial charge in [-0.05, 0) is 30.3 Å². The summed E-state index contributed by atoms with van der Waals surface area (Å²) in [4.78, 5) is 19.5. The third-order valence-electron chi connectivity index (χ3n) is 3.27. The molecule has 0 aliphatic rings. The van der Waals surface area contributed by atoms with E-state index in [1.165, 1.54) is 19.2 Å². The van der Waals surface area contributed by atoms with Crippen LogP contribution < -0.4 is 10.1 Å². The van der Waals surface area contributed by atoms with Crippen LogP contribution in [0.3, 0.4) is 0 Å². The van der Waals surface area contributed by atoms with Crippen LogP contribution in [0.2, 0.25) is 0 Å². The molecule has 2 N–H and O–H groups in total. The summed E-state index contributed by atoms with van der Waals surface area (Å²) in [5, 5.41) is 2.70. The van der Waals surface area contributed by atoms with Crippen LogP contribution in [0.1, 0.15) is 16.2 Å². The fourth-order valence-corrected chi connectivity index (χ4v) is 2.16. The second-order valence-electron chi connectivity index (χ2n) is 4.73. The highest BCUT2D eigenvalue weighted by molar-refractivity contribution is 5.94. The molecule has 0 bridgehead atoms. The summed E-state index contributed by atoms with van der Waals surface area (Å²) in [6, 6.07) is 11.7. The second kappa shape index (κ2) is 5.85. The van der Waals surface area contributed by atoms with Crippen molar-refractivity contribution in [2.75, 3.05) is 7.11 Å². The first-order valence-corrected chi connectivity index (χ1v) is 6.73. The molecule has 5 nitrogen and oxygen atoms in total. The molecular formula is C16H14FN3O2. The molecule has 0 aliphatic heterocycles. The molecule has 0 atom stereocenters. The van der Waals surface area contributed by atoms with Crippen LogP contribution in [-0.2, 0) is 6.54 Å². The van der Waals surface area contributed by atoms with Gasteiger partial charge in [0.25, 0.3) is 5.91 Å². The molecule has 1 aromatic heterocycles. The number of aromatic amines is 1. The number of nitrogens with one attached hydrogen (secondary N) is 2. The number of H-pyrrole nitrogens is 1. The second-order valence-corrected chi connectivity index (χ2v) is 4.73. The Bertz CT molecular complexity index is 796. The summed E-state index contributed by atoms with van der Waals surface area (Å²) < 4.78 is 18.4. The van der Waals surface area contributed by atoms with Crippen molar-refractivity contribution in [3.05, 3.63) is 59.7 Å². The monoisotopic (exact) mass is 299 g/mol. The summed E-state index contributed by atoms with van der Waals surface area (Å²) in [5.41, 5.74) is 1.97. The predicted molar refractivity (Wildman–Crippen MR) is 80.2 cm³/mol. The van der Waals surface area contributed by atoms with Crippen molar-refractivity contribution in [1.29, 1.82) is 0 Å². The van der Waals surface area contributed by atoms with Crippen LogP contribution in [0.15, 0.2) is 42.5 Å². The van der Waals surface area contributed by atoms with Gasteiger partial charge in [0.05, 0.1) is 24.7 Å². The maximum Gasteiger partial charge on any atom is 0.251 e. The number of aromatic nitrogens is 2. The van der Waals surface area contributed by atoms with Gasteiger partial charge in [0.1, 0.15) is 5.82 Å². The van der Waals surface area contributed by atoms with Crippen molar-refractivity contribution in [1.82, 2.24) is 15.3 Å². The van der Waals surface area contributed by atoms with Gasteiger partial charge in [-0.25, -0.2) is 9.37 Å². The van der Waals surface area contributed by atoms with Gasteiger partial charge in [0.2, 0.25) is 0 Å². The van der Waals surface area contributed by atoms with Gasteiger partial charge in [-0.3, -0.25) is 4.79 Å². The van der Waals surface area contributed by atoms with Crippen LogP contribution in [0.25, 0.3) is 11.0 Å². The lowest BCUT2D eigenvalue weighted by atomic mass is 10.2. The van der Waals surface area contributed by atoms with E-state index in [0.717, 1.165) is 17.1 Å². The molecule has 6 heteroatoms. The fourth-order valence-electron chi connectivity index (χ4n) is 2.16. The Balaban J connectivity index is 1.70. The van der Waals surface area contributed by atoms with Gasteiger partial charge in [0, 0.05) is 5.56 Å². The van der Waals surface area contributed by atoms with Gasteiger partial charge in [0.15, 0.2) is 11.6 Å². The number of fused-ring (bicyclic) bond motifs is 1. The number of ether oxygens (including phenoxy) is 1. The van der Waals surface area contributed by atoms with Gasteiger partial charge in [-0.2, -0.15) is 0 Å². The first kappa shape index (κ1) is 14.1. The predicted octanol–water partition coefficient (Wildman–Crippen LogP) is 2.64. The number of carbonyl (C=O) groups is 1. The highest BCUT2D eigenvalue weighted by Gasteiger charge is 2.10. The van der Waals surface area contributed by atoms with Gasteiger partial charge >= 0.3 is 0 Å². The zero-order valence-electron chi connectivity index (χ0n) is 11.9. The zero-order valence-corrected chi connectivity index (χ0v) is 11.9. The SMILES string of the molecule is COc1ccc(C(=O)NCc2nc3ccccc3[nH]2)cc1F. The minimum atomic E-state index is -0.570. The number of nitrogens with zero attached hydrogens (tertiary/aromatic N) is 1. The Morgan fingerprint density at radius 1 is 1.32 bits per heavy atom. The number of methoxy groups -OCH3 is 1. The van der Waals surface area contributed by atoms with Crippen molar-refractivity contribution < 1.29 is 13.9 Å². The van der Waals surface area contributed by atoms with E-state index >= 15 is 0 Å². The van der Waals surface area contributed by atoms with Crippen molar-refractivity contribution in [2.45, 2.75) is 6.54 Å². The maximum atomic E-state index is 13.6. The fraction of sp³-hybridized carbons (Fsp3) is 0.125. The maximum absolute atomic E-state index is 13.6. The van der Waals surface area contributed by atoms with Crippen molar-refractivity contribution >= 4 is 16.9 Å². The number of amides is 1. The van der Waals surface area contributed by atoms with Gasteiger partial charge in [-0.15, -0.1) is 0 Å². The number of imidazole rings is 1. The average molecular weight is 299 g/mol. The van der Waals surface area contributed by atoms with Crippen molar-refractivity contribution in [3.8, 4) is 5.75 Å². The number of hydrogen-bond donors (Lipinski definition) is 2. The lowest BCUT2D eigenvalue weighted by Gasteiger charge is -2.06. The van der Waals surface area contributed by atoms with E-state index in [9.17, 15) is 9.18 Å². The molecule has 0 spiro atoms. The molecule has 0 saturated heterocycles. The number of benzene rings is 2. The summed E-state index contributed by atoms with van der Waals surface area (Å²) in [6.45, 7) is 0.237. The molecule has 3 rings (SSSR count). The Morgan fingerprint density at radius 3 is 2.86 bits per heavy atom. The van der Waals surface area contributed by atoms with E-state index < -0.39 is 5.82 Å². The molecule has 0 fully saturated rings. The third kappa shape index (κ3) is 2.76. The van der Waals surface area contributed by atoms with Crippen molar-refractivity contribution in [3.63, 3.8) is 0 Å². The van der Waals surface area contributed by atoms with Gasteiger partial charge < -0.3 is 15.0 Å². The molecule has 0 saturated carbocycles. The van der Waals surface area contributed by atoms with Crippen LogP contribution in [0, 0.1) is 5.82 Å². The first-order chi connectivity index (χ1) is 10.7. The van der Waals surface area contributed by atoms with Crippen LogP contribution in [0.4, 0.5) is 4.39 Å². The molecule has 1 heterocycles. The van der Waals surface area contributed by atoms with Crippen LogP contribution in [-0.4, -0.2) is 23.0 Å². The lowest BCUT2D eigenvalue weighted by molar-refractivity contribution is 0.0949. The molecule has 22 heavy (non-hydrogen) atoms. The van der Waals surface area contributed by atoms with Crippen LogP contribution >= 0.6 is 0 Å². The number of para-hydroxylation sites is 2. The molecule has 3 aromatic rings. The van der Waals surface area contributed by atoms with E-state index in [4.69, 9.17) is 4.74 Å². The summed E-state index contributed by atoms with van der Waals surface area (Å²) >= 11 is 0. The smallest absolute Gasteiger partial charge is 0.251 e. The van der Waals surface area contributed by atoms with Gasteiger partial charge in [-0.1, -0.05) is 12.1 Å². The van der Waals surface area contributed by atoms with E-state index in [1.807, 2.05) is 24.3 Å². The molecule has 2 aromatic carbocycles. The summed E-state index contributed by atoms with van der Waals surface area (Å²) in [5.74, 6) is -0.196. The molecule has 1 amide bonds. The van der Waals surface area contributed by atoms with E-state index in [1.54, 1.807) is 0 Å². The molecule has 0 aliphatic carbocycles. The highest BCUT2D eigenvalue weighted by Crippen LogP contribution is 2.17. The molecule has 0 unspecified atom stereocenters. The Hall–Kier alpha value is -2.89. The first-order valence-electron chi connectivity index (χ1n) is 6.73. The van der Waals surface area contributed by atoms with Crippen molar-refractivity contribution in [2.24, 2.45) is 0 Å². The average Bonchev–Trinajstić information content (AvgIpc) is 2.95. The Labute approximate surface area is 126 Å². The Kier molecular flexibility index (Phi) is 3.74. The molecule has 112 valence electrons. The van der Waals surface area contributed by atoms with E-state index in [-0.39, 0.29) is 23.8 Å². The molecule has 0 radical (unpaired) electrons. The summed E-state index contributed by atoms with van der Waals surface area (Å²) in [7, 11) is 1.37. The normalized spacial score (nSPS) is 10.6. The number of carbonyl (C=O) groups excluding carboxylic acids is 1. The third-order valence-corrected chi connectivity index (χ3v) is 3.27. The minimum Gasteiger partial charge on any atom is -0.494 e.